The third kappa shape index (κ3) is 3.55. The van der Waals surface area contributed by atoms with Crippen LogP contribution in [0.25, 0.3) is 16.8 Å². The van der Waals surface area contributed by atoms with Gasteiger partial charge in [0.05, 0.1) is 11.4 Å². The van der Waals surface area contributed by atoms with Gasteiger partial charge in [0.25, 0.3) is 5.91 Å². The van der Waals surface area contributed by atoms with Crippen molar-refractivity contribution in [2.75, 3.05) is 26.7 Å². The molecule has 1 saturated heterocycles. The van der Waals surface area contributed by atoms with E-state index in [1.807, 2.05) is 49.2 Å². The van der Waals surface area contributed by atoms with Crippen LogP contribution in [0.15, 0.2) is 54.6 Å². The predicted molar refractivity (Wildman–Crippen MR) is 109 cm³/mol. The molecule has 3 aromatic rings. The quantitative estimate of drug-likeness (QED) is 0.745. The highest BCUT2D eigenvalue weighted by Gasteiger charge is 2.29. The summed E-state index contributed by atoms with van der Waals surface area (Å²) in [5.74, 6) is 0.484. The fraction of sp³-hybridized carbons (Fsp3) is 0.318. The van der Waals surface area contributed by atoms with Gasteiger partial charge in [-0.05, 0) is 56.1 Å². The van der Waals surface area contributed by atoms with Gasteiger partial charge in [-0.1, -0.05) is 47.7 Å². The van der Waals surface area contributed by atoms with E-state index in [9.17, 15) is 4.79 Å². The number of carbonyl (C=O) groups excluding carboxylic acids is 1. The summed E-state index contributed by atoms with van der Waals surface area (Å²) in [6.07, 6.45) is 1.03. The number of hydrogen-bond donors (Lipinski definition) is 1. The van der Waals surface area contributed by atoms with E-state index in [2.05, 4.69) is 39.9 Å². The first-order valence-electron chi connectivity index (χ1n) is 9.69. The maximum Gasteiger partial charge on any atom is 0.276 e. The molecular weight excluding hydrogens is 350 g/mol. The Balaban J connectivity index is 1.53. The average molecular weight is 375 g/mol. The van der Waals surface area contributed by atoms with Crippen molar-refractivity contribution in [3.8, 4) is 16.8 Å². The Kier molecular flexibility index (Phi) is 5.21. The lowest BCUT2D eigenvalue weighted by atomic mass is 10.1. The van der Waals surface area contributed by atoms with E-state index >= 15 is 0 Å². The highest BCUT2D eigenvalue weighted by atomic mass is 16.2. The molecule has 144 valence electrons. The predicted octanol–water partition coefficient (Wildman–Crippen LogP) is 2.92. The smallest absolute Gasteiger partial charge is 0.276 e. The summed E-state index contributed by atoms with van der Waals surface area (Å²) in [7, 11) is 1.95. The number of hydrogen-bond acceptors (Lipinski definition) is 4. The minimum atomic E-state index is -0.0248. The molecule has 0 radical (unpaired) electrons. The summed E-state index contributed by atoms with van der Waals surface area (Å²) in [6.45, 7) is 4.39. The highest BCUT2D eigenvalue weighted by Crippen LogP contribution is 2.23. The van der Waals surface area contributed by atoms with Gasteiger partial charge >= 0.3 is 0 Å². The molecular formula is C22H25N5O. The van der Waals surface area contributed by atoms with Crippen molar-refractivity contribution in [3.63, 3.8) is 0 Å². The first-order chi connectivity index (χ1) is 13.7. The van der Waals surface area contributed by atoms with E-state index in [0.29, 0.717) is 11.6 Å². The minimum absolute atomic E-state index is 0.0248. The molecule has 2 aromatic carbocycles. The Morgan fingerprint density at radius 2 is 1.82 bits per heavy atom. The van der Waals surface area contributed by atoms with Gasteiger partial charge in [0, 0.05) is 13.1 Å². The van der Waals surface area contributed by atoms with E-state index in [-0.39, 0.29) is 5.91 Å². The van der Waals surface area contributed by atoms with E-state index < -0.39 is 0 Å². The zero-order chi connectivity index (χ0) is 19.5. The summed E-state index contributed by atoms with van der Waals surface area (Å²) < 4.78 is 1.74. The molecule has 0 bridgehead atoms. The highest BCUT2D eigenvalue weighted by molar-refractivity contribution is 5.93. The van der Waals surface area contributed by atoms with Crippen LogP contribution in [0.5, 0.6) is 0 Å². The van der Waals surface area contributed by atoms with E-state index in [1.165, 1.54) is 5.56 Å². The van der Waals surface area contributed by atoms with Gasteiger partial charge in [0.2, 0.25) is 0 Å². The molecule has 1 amide bonds. The van der Waals surface area contributed by atoms with Crippen LogP contribution in [0.1, 0.15) is 22.6 Å². The molecule has 1 atom stereocenters. The lowest BCUT2D eigenvalue weighted by Crippen LogP contribution is -2.31. The van der Waals surface area contributed by atoms with Crippen molar-refractivity contribution in [2.45, 2.75) is 13.3 Å². The Hall–Kier alpha value is -2.99. The molecule has 2 heterocycles. The molecule has 4 rings (SSSR count). The van der Waals surface area contributed by atoms with Crippen molar-refractivity contribution in [2.24, 2.45) is 5.92 Å². The number of carbonyl (C=O) groups is 1. The molecule has 6 heteroatoms. The van der Waals surface area contributed by atoms with E-state index in [0.717, 1.165) is 43.0 Å². The summed E-state index contributed by atoms with van der Waals surface area (Å²) in [5.41, 5.74) is 4.43. The molecule has 1 N–H and O–H groups in total. The number of aromatic nitrogens is 3. The monoisotopic (exact) mass is 375 g/mol. The maximum atomic E-state index is 12.9. The second-order valence-corrected chi connectivity index (χ2v) is 7.31. The SMILES string of the molecule is CNC[C@@H]1CCN(C(=O)c2nnn(-c3ccc(-c4ccccc4)cc3)c2C)C1. The van der Waals surface area contributed by atoms with Crippen molar-refractivity contribution >= 4 is 5.91 Å². The number of nitrogens with zero attached hydrogens (tertiary/aromatic N) is 4. The van der Waals surface area contributed by atoms with Gasteiger partial charge in [0.1, 0.15) is 0 Å². The fourth-order valence-electron chi connectivity index (χ4n) is 3.82. The Labute approximate surface area is 165 Å². The molecule has 1 aliphatic rings. The summed E-state index contributed by atoms with van der Waals surface area (Å²) >= 11 is 0. The minimum Gasteiger partial charge on any atom is -0.337 e. The van der Waals surface area contributed by atoms with Crippen molar-refractivity contribution in [1.82, 2.24) is 25.2 Å². The van der Waals surface area contributed by atoms with Crippen LogP contribution >= 0.6 is 0 Å². The van der Waals surface area contributed by atoms with Gasteiger partial charge < -0.3 is 10.2 Å². The molecule has 1 fully saturated rings. The summed E-state index contributed by atoms with van der Waals surface area (Å²) in [5, 5.41) is 11.6. The maximum absolute atomic E-state index is 12.9. The molecule has 0 saturated carbocycles. The van der Waals surface area contributed by atoms with Crippen molar-refractivity contribution in [3.05, 3.63) is 66.0 Å². The second kappa shape index (κ2) is 7.94. The van der Waals surface area contributed by atoms with Crippen LogP contribution in [0.3, 0.4) is 0 Å². The van der Waals surface area contributed by atoms with Gasteiger partial charge in [0.15, 0.2) is 5.69 Å². The van der Waals surface area contributed by atoms with Crippen LogP contribution in [0.2, 0.25) is 0 Å². The first kappa shape index (κ1) is 18.4. The van der Waals surface area contributed by atoms with E-state index in [1.54, 1.807) is 4.68 Å². The Morgan fingerprint density at radius 1 is 1.11 bits per heavy atom. The number of amides is 1. The van der Waals surface area contributed by atoms with Crippen LogP contribution in [-0.2, 0) is 0 Å². The van der Waals surface area contributed by atoms with Gasteiger partial charge in [-0.3, -0.25) is 4.79 Å². The molecule has 0 unspecified atom stereocenters. The topological polar surface area (TPSA) is 63.1 Å². The lowest BCUT2D eigenvalue weighted by Gasteiger charge is -2.15. The third-order valence-corrected chi connectivity index (χ3v) is 5.38. The van der Waals surface area contributed by atoms with Crippen LogP contribution in [0.4, 0.5) is 0 Å². The molecule has 0 spiro atoms. The van der Waals surface area contributed by atoms with Gasteiger partial charge in [-0.25, -0.2) is 4.68 Å². The molecule has 0 aliphatic carbocycles. The van der Waals surface area contributed by atoms with Gasteiger partial charge in [-0.2, -0.15) is 0 Å². The van der Waals surface area contributed by atoms with Crippen LogP contribution < -0.4 is 5.32 Å². The lowest BCUT2D eigenvalue weighted by molar-refractivity contribution is 0.0780. The number of likely N-dealkylation sites (tertiary alicyclic amines) is 1. The largest absolute Gasteiger partial charge is 0.337 e. The second-order valence-electron chi connectivity index (χ2n) is 7.31. The fourth-order valence-corrected chi connectivity index (χ4v) is 3.82. The normalized spacial score (nSPS) is 16.5. The number of rotatable bonds is 5. The standard InChI is InChI=1S/C22H25N5O/c1-16-21(22(28)26-13-12-17(15-26)14-23-2)24-25-27(16)20-10-8-19(9-11-20)18-6-4-3-5-7-18/h3-11,17,23H,12-15H2,1-2H3/t17-/m0/s1. The Morgan fingerprint density at radius 3 is 2.54 bits per heavy atom. The van der Waals surface area contributed by atoms with Gasteiger partial charge in [-0.15, -0.1) is 5.10 Å². The van der Waals surface area contributed by atoms with E-state index in [4.69, 9.17) is 0 Å². The third-order valence-electron chi connectivity index (χ3n) is 5.38. The van der Waals surface area contributed by atoms with Crippen LogP contribution in [-0.4, -0.2) is 52.5 Å². The Bertz CT molecular complexity index is 949. The van der Waals surface area contributed by atoms with Crippen LogP contribution in [0, 0.1) is 12.8 Å². The number of benzene rings is 2. The first-order valence-corrected chi connectivity index (χ1v) is 9.69. The average Bonchev–Trinajstić information content (AvgIpc) is 3.35. The number of nitrogens with one attached hydrogen (secondary N) is 1. The molecule has 1 aliphatic heterocycles. The summed E-state index contributed by atoms with van der Waals surface area (Å²) in [6, 6.07) is 18.4. The molecule has 6 nitrogen and oxygen atoms in total. The zero-order valence-corrected chi connectivity index (χ0v) is 16.3. The molecule has 28 heavy (non-hydrogen) atoms. The zero-order valence-electron chi connectivity index (χ0n) is 16.3. The summed E-state index contributed by atoms with van der Waals surface area (Å²) in [4.78, 5) is 14.8. The van der Waals surface area contributed by atoms with Crippen molar-refractivity contribution in [1.29, 1.82) is 0 Å². The molecule has 1 aromatic heterocycles. The van der Waals surface area contributed by atoms with Crippen molar-refractivity contribution < 1.29 is 4.79 Å².